The van der Waals surface area contributed by atoms with Gasteiger partial charge in [-0.15, -0.1) is 0 Å². The summed E-state index contributed by atoms with van der Waals surface area (Å²) in [5, 5.41) is 8.75. The van der Waals surface area contributed by atoms with E-state index in [1.54, 1.807) is 0 Å². The van der Waals surface area contributed by atoms with E-state index in [-0.39, 0.29) is 22.1 Å². The van der Waals surface area contributed by atoms with E-state index < -0.39 is 12.5 Å². The van der Waals surface area contributed by atoms with Crippen molar-refractivity contribution in [2.45, 2.75) is 6.61 Å². The molecule has 4 N–H and O–H groups in total. The summed E-state index contributed by atoms with van der Waals surface area (Å²) in [6.07, 6.45) is 1.37. The number of H-pyrrole nitrogens is 1. The number of thiocarbonyl (C=S) groups is 1. The number of nitrogens with two attached hydrogens (primary N) is 1. The molecule has 1 heterocycles. The number of halogens is 2. The Morgan fingerprint density at radius 3 is 2.90 bits per heavy atom. The number of rotatable bonds is 5. The van der Waals surface area contributed by atoms with Crippen LogP contribution in [0.5, 0.6) is 5.75 Å². The molecule has 1 aromatic heterocycles. The molecule has 2 aromatic rings. The fourth-order valence-electron chi connectivity index (χ4n) is 1.57. The Morgan fingerprint density at radius 2 is 2.24 bits per heavy atom. The number of hydrogen-bond donors (Lipinski definition) is 3. The number of benzene rings is 1. The third kappa shape index (κ3) is 3.72. The van der Waals surface area contributed by atoms with Crippen LogP contribution in [0, 0.1) is 0 Å². The quantitative estimate of drug-likeness (QED) is 0.733. The van der Waals surface area contributed by atoms with Crippen molar-refractivity contribution in [1.29, 1.82) is 0 Å². The van der Waals surface area contributed by atoms with Crippen LogP contribution < -0.4 is 15.8 Å². The van der Waals surface area contributed by atoms with E-state index in [0.29, 0.717) is 5.56 Å². The summed E-state index contributed by atoms with van der Waals surface area (Å²) in [6, 6.07) is 5.39. The number of nitrogens with zero attached hydrogens (tertiary/aromatic N) is 1. The zero-order valence-corrected chi connectivity index (χ0v) is 11.3. The van der Waals surface area contributed by atoms with Crippen LogP contribution in [0.1, 0.15) is 15.9 Å². The Balaban J connectivity index is 2.17. The summed E-state index contributed by atoms with van der Waals surface area (Å²) in [7, 11) is 0. The van der Waals surface area contributed by atoms with Crippen LogP contribution in [0.25, 0.3) is 0 Å². The topological polar surface area (TPSA) is 93.0 Å². The van der Waals surface area contributed by atoms with Crippen molar-refractivity contribution in [1.82, 2.24) is 10.2 Å². The first-order chi connectivity index (χ1) is 9.97. The number of hydrogen-bond acceptors (Lipinski definition) is 4. The van der Waals surface area contributed by atoms with Crippen LogP contribution in [-0.4, -0.2) is 27.7 Å². The van der Waals surface area contributed by atoms with E-state index >= 15 is 0 Å². The lowest BCUT2D eigenvalue weighted by molar-refractivity contribution is -0.0498. The first-order valence-corrected chi connectivity index (χ1v) is 6.07. The Hall–Kier alpha value is -2.55. The van der Waals surface area contributed by atoms with Crippen LogP contribution in [-0.2, 0) is 0 Å². The minimum atomic E-state index is -2.96. The Kier molecular flexibility index (Phi) is 4.43. The number of anilines is 1. The maximum Gasteiger partial charge on any atom is 0.387 e. The predicted octanol–water partition coefficient (Wildman–Crippen LogP) is 1.90. The van der Waals surface area contributed by atoms with E-state index in [0.717, 1.165) is 0 Å². The minimum Gasteiger partial charge on any atom is -0.435 e. The summed E-state index contributed by atoms with van der Waals surface area (Å²) < 4.78 is 28.5. The molecule has 1 amide bonds. The number of aromatic nitrogens is 2. The molecule has 21 heavy (non-hydrogen) atoms. The molecule has 0 saturated heterocycles. The molecule has 0 unspecified atom stereocenters. The molecule has 0 aliphatic carbocycles. The van der Waals surface area contributed by atoms with Crippen molar-refractivity contribution in [2.75, 3.05) is 5.32 Å². The Morgan fingerprint density at radius 1 is 1.48 bits per heavy atom. The summed E-state index contributed by atoms with van der Waals surface area (Å²) in [5.74, 6) is -0.430. The van der Waals surface area contributed by atoms with Crippen LogP contribution in [0.3, 0.4) is 0 Å². The average Bonchev–Trinajstić information content (AvgIpc) is 2.86. The van der Waals surface area contributed by atoms with Crippen molar-refractivity contribution in [3.05, 3.63) is 41.6 Å². The second-order valence-corrected chi connectivity index (χ2v) is 4.32. The maximum absolute atomic E-state index is 12.1. The van der Waals surface area contributed by atoms with Gasteiger partial charge in [0.15, 0.2) is 0 Å². The van der Waals surface area contributed by atoms with E-state index in [9.17, 15) is 13.6 Å². The van der Waals surface area contributed by atoms with E-state index in [4.69, 9.17) is 18.0 Å². The molecule has 0 spiro atoms. The number of carbonyl (C=O) groups excluding carboxylic acids is 1. The lowest BCUT2D eigenvalue weighted by Crippen LogP contribution is -2.17. The normalized spacial score (nSPS) is 10.4. The van der Waals surface area contributed by atoms with Gasteiger partial charge in [0.05, 0.1) is 11.8 Å². The van der Waals surface area contributed by atoms with Gasteiger partial charge in [-0.25, -0.2) is 0 Å². The van der Waals surface area contributed by atoms with E-state index in [1.165, 1.54) is 30.5 Å². The van der Waals surface area contributed by atoms with Gasteiger partial charge in [0, 0.05) is 5.56 Å². The lowest BCUT2D eigenvalue weighted by atomic mass is 10.2. The highest BCUT2D eigenvalue weighted by molar-refractivity contribution is 7.80. The van der Waals surface area contributed by atoms with Crippen molar-refractivity contribution in [2.24, 2.45) is 5.73 Å². The molecule has 6 nitrogen and oxygen atoms in total. The van der Waals surface area contributed by atoms with Gasteiger partial charge in [-0.1, -0.05) is 18.3 Å². The highest BCUT2D eigenvalue weighted by Crippen LogP contribution is 2.18. The smallest absolute Gasteiger partial charge is 0.387 e. The SMILES string of the molecule is NC(=S)c1cn[nH]c1NC(=O)c1cccc(OC(F)F)c1. The largest absolute Gasteiger partial charge is 0.435 e. The summed E-state index contributed by atoms with van der Waals surface area (Å²) in [5.41, 5.74) is 5.98. The van der Waals surface area contributed by atoms with Crippen molar-refractivity contribution >= 4 is 28.9 Å². The number of aromatic amines is 1. The molecule has 9 heteroatoms. The van der Waals surface area contributed by atoms with E-state index in [2.05, 4.69) is 20.3 Å². The summed E-state index contributed by atoms with van der Waals surface area (Å²) in [4.78, 5) is 12.1. The summed E-state index contributed by atoms with van der Waals surface area (Å²) >= 11 is 4.80. The van der Waals surface area contributed by atoms with Crippen molar-refractivity contribution in [3.63, 3.8) is 0 Å². The standard InChI is InChI=1S/C12H10F2N4O2S/c13-12(14)20-7-3-1-2-6(4-7)11(19)17-10-8(9(15)21)5-16-18-10/h1-5,12H,(H2,15,21)(H2,16,17,18,19). The van der Waals surface area contributed by atoms with Crippen molar-refractivity contribution < 1.29 is 18.3 Å². The number of amides is 1. The zero-order chi connectivity index (χ0) is 15.4. The first-order valence-electron chi connectivity index (χ1n) is 5.67. The minimum absolute atomic E-state index is 0.0637. The Labute approximate surface area is 123 Å². The molecule has 0 saturated carbocycles. The van der Waals surface area contributed by atoms with Crippen molar-refractivity contribution in [3.8, 4) is 5.75 Å². The van der Waals surface area contributed by atoms with Crippen LogP contribution in [0.4, 0.5) is 14.6 Å². The molecule has 0 fully saturated rings. The Bertz CT molecular complexity index is 675. The van der Waals surface area contributed by atoms with E-state index in [1.807, 2.05) is 0 Å². The second-order valence-electron chi connectivity index (χ2n) is 3.88. The number of alkyl halides is 2. The third-order valence-corrected chi connectivity index (χ3v) is 2.68. The molecule has 0 aliphatic rings. The number of ether oxygens (including phenoxy) is 1. The van der Waals surface area contributed by atoms with Gasteiger partial charge in [-0.05, 0) is 18.2 Å². The molecule has 0 aliphatic heterocycles. The maximum atomic E-state index is 12.1. The zero-order valence-electron chi connectivity index (χ0n) is 10.5. The van der Waals surface area contributed by atoms with Gasteiger partial charge in [0.25, 0.3) is 5.91 Å². The molecular formula is C12H10F2N4O2S. The van der Waals surface area contributed by atoms with Gasteiger partial charge in [0.1, 0.15) is 16.6 Å². The summed E-state index contributed by atoms with van der Waals surface area (Å²) in [6.45, 7) is -2.96. The van der Waals surface area contributed by atoms with Gasteiger partial charge < -0.3 is 15.8 Å². The fourth-order valence-corrected chi connectivity index (χ4v) is 1.72. The fraction of sp³-hybridized carbons (Fsp3) is 0.0833. The highest BCUT2D eigenvalue weighted by Gasteiger charge is 2.14. The van der Waals surface area contributed by atoms with Crippen LogP contribution >= 0.6 is 12.2 Å². The van der Waals surface area contributed by atoms with Crippen LogP contribution in [0.15, 0.2) is 30.5 Å². The monoisotopic (exact) mass is 312 g/mol. The second kappa shape index (κ2) is 6.27. The molecular weight excluding hydrogens is 302 g/mol. The average molecular weight is 312 g/mol. The molecule has 1 aromatic carbocycles. The number of carbonyl (C=O) groups is 1. The first kappa shape index (κ1) is 14.9. The van der Waals surface area contributed by atoms with Gasteiger partial charge in [0.2, 0.25) is 0 Å². The molecule has 110 valence electrons. The highest BCUT2D eigenvalue weighted by atomic mass is 32.1. The lowest BCUT2D eigenvalue weighted by Gasteiger charge is -2.07. The van der Waals surface area contributed by atoms with Gasteiger partial charge in [-0.2, -0.15) is 13.9 Å². The molecule has 0 bridgehead atoms. The van der Waals surface area contributed by atoms with Gasteiger partial charge >= 0.3 is 6.61 Å². The third-order valence-electron chi connectivity index (χ3n) is 2.46. The molecule has 0 radical (unpaired) electrons. The van der Waals surface area contributed by atoms with Gasteiger partial charge in [-0.3, -0.25) is 9.89 Å². The molecule has 0 atom stereocenters. The molecule has 2 rings (SSSR count). The van der Waals surface area contributed by atoms with Crippen LogP contribution in [0.2, 0.25) is 0 Å². The number of nitrogens with one attached hydrogen (secondary N) is 2. The predicted molar refractivity (Wildman–Crippen MR) is 75.5 cm³/mol.